The fourth-order valence-corrected chi connectivity index (χ4v) is 4.79. The summed E-state index contributed by atoms with van der Waals surface area (Å²) in [6, 6.07) is 4.07. The van der Waals surface area contributed by atoms with Crippen LogP contribution in [0, 0.1) is 20.8 Å². The Labute approximate surface area is 139 Å². The monoisotopic (exact) mass is 341 g/mol. The maximum absolute atomic E-state index is 11.5. The number of hydrogen-bond acceptors (Lipinski definition) is 5. The zero-order chi connectivity index (χ0) is 17.2. The van der Waals surface area contributed by atoms with Crippen molar-refractivity contribution in [1.82, 2.24) is 4.90 Å². The fraction of sp³-hybridized carbons (Fsp3) is 0.647. The van der Waals surface area contributed by atoms with Crippen molar-refractivity contribution in [3.05, 3.63) is 28.8 Å². The Kier molecular flexibility index (Phi) is 5.70. The number of hydrogen-bond donors (Lipinski definition) is 1. The van der Waals surface area contributed by atoms with Gasteiger partial charge in [-0.1, -0.05) is 12.1 Å². The zero-order valence-electron chi connectivity index (χ0n) is 14.4. The van der Waals surface area contributed by atoms with Crippen molar-refractivity contribution in [3.8, 4) is 5.75 Å². The number of rotatable bonds is 6. The molecule has 23 heavy (non-hydrogen) atoms. The second kappa shape index (κ2) is 7.20. The predicted octanol–water partition coefficient (Wildman–Crippen LogP) is 1.47. The Morgan fingerprint density at radius 2 is 1.96 bits per heavy atom. The molecule has 5 nitrogen and oxygen atoms in total. The molecule has 0 amide bonds. The predicted molar refractivity (Wildman–Crippen MR) is 91.8 cm³/mol. The molecule has 1 aromatic rings. The second-order valence-corrected chi connectivity index (χ2v) is 8.84. The lowest BCUT2D eigenvalue weighted by Crippen LogP contribution is -2.40. The molecule has 1 aliphatic heterocycles. The van der Waals surface area contributed by atoms with E-state index < -0.39 is 15.9 Å². The first-order valence-corrected chi connectivity index (χ1v) is 9.80. The highest BCUT2D eigenvalue weighted by atomic mass is 32.2. The standard InChI is InChI=1S/C17H27NO4S/c1-12-5-6-13(2)17(14(12)3)22-10-16(19)9-18(4)15-7-8-23(20,21)11-15/h5-6,15-16,19H,7-11H2,1-4H3/t15-,16+/m0/s1. The van der Waals surface area contributed by atoms with Gasteiger partial charge in [-0.3, -0.25) is 4.90 Å². The fourth-order valence-electron chi connectivity index (χ4n) is 2.98. The highest BCUT2D eigenvalue weighted by Crippen LogP contribution is 2.26. The minimum Gasteiger partial charge on any atom is -0.490 e. The molecule has 0 saturated carbocycles. The van der Waals surface area contributed by atoms with Crippen molar-refractivity contribution in [3.63, 3.8) is 0 Å². The number of nitrogens with zero attached hydrogens (tertiary/aromatic N) is 1. The van der Waals surface area contributed by atoms with Crippen molar-refractivity contribution in [2.45, 2.75) is 39.3 Å². The first kappa shape index (κ1) is 18.2. The van der Waals surface area contributed by atoms with Gasteiger partial charge >= 0.3 is 0 Å². The Morgan fingerprint density at radius 1 is 1.30 bits per heavy atom. The van der Waals surface area contributed by atoms with E-state index in [-0.39, 0.29) is 24.2 Å². The summed E-state index contributed by atoms with van der Waals surface area (Å²) in [7, 11) is -1.04. The van der Waals surface area contributed by atoms with Gasteiger partial charge in [-0.05, 0) is 50.9 Å². The van der Waals surface area contributed by atoms with E-state index in [0.29, 0.717) is 13.0 Å². The van der Waals surface area contributed by atoms with Gasteiger partial charge < -0.3 is 9.84 Å². The molecule has 1 aromatic carbocycles. The molecule has 0 unspecified atom stereocenters. The average molecular weight is 341 g/mol. The van der Waals surface area contributed by atoms with Gasteiger partial charge in [-0.25, -0.2) is 8.42 Å². The van der Waals surface area contributed by atoms with E-state index in [2.05, 4.69) is 6.07 Å². The summed E-state index contributed by atoms with van der Waals surface area (Å²) in [5.41, 5.74) is 3.30. The van der Waals surface area contributed by atoms with E-state index in [1.807, 2.05) is 38.8 Å². The molecule has 1 N–H and O–H groups in total. The van der Waals surface area contributed by atoms with Crippen LogP contribution in [0.5, 0.6) is 5.75 Å². The van der Waals surface area contributed by atoms with Crippen LogP contribution in [0.2, 0.25) is 0 Å². The third-order valence-corrected chi connectivity index (χ3v) is 6.37. The molecule has 1 fully saturated rings. The first-order chi connectivity index (χ1) is 10.7. The third kappa shape index (κ3) is 4.68. The maximum Gasteiger partial charge on any atom is 0.151 e. The van der Waals surface area contributed by atoms with Gasteiger partial charge in [0.1, 0.15) is 18.5 Å². The summed E-state index contributed by atoms with van der Waals surface area (Å²) in [6.07, 6.45) is -0.00898. The summed E-state index contributed by atoms with van der Waals surface area (Å²) in [6.45, 7) is 6.65. The number of likely N-dealkylation sites (N-methyl/N-ethyl adjacent to an activating group) is 1. The average Bonchev–Trinajstić information content (AvgIpc) is 2.83. The van der Waals surface area contributed by atoms with Crippen LogP contribution in [0.25, 0.3) is 0 Å². The number of ether oxygens (including phenoxy) is 1. The normalized spacial score (nSPS) is 21.6. The molecule has 0 spiro atoms. The SMILES string of the molecule is Cc1ccc(C)c(OC[C@H](O)CN(C)[C@H]2CCS(=O)(=O)C2)c1C. The van der Waals surface area contributed by atoms with Crippen LogP contribution in [0.15, 0.2) is 12.1 Å². The van der Waals surface area contributed by atoms with Gasteiger partial charge in [0.05, 0.1) is 11.5 Å². The van der Waals surface area contributed by atoms with Crippen LogP contribution in [0.3, 0.4) is 0 Å². The Morgan fingerprint density at radius 3 is 2.57 bits per heavy atom. The van der Waals surface area contributed by atoms with Gasteiger partial charge in [0.25, 0.3) is 0 Å². The van der Waals surface area contributed by atoms with Gasteiger partial charge in [-0.15, -0.1) is 0 Å². The summed E-state index contributed by atoms with van der Waals surface area (Å²) in [5, 5.41) is 10.2. The number of benzene rings is 1. The minimum absolute atomic E-state index is 0.00269. The summed E-state index contributed by atoms with van der Waals surface area (Å²) in [4.78, 5) is 1.93. The van der Waals surface area contributed by atoms with Gasteiger partial charge in [0.2, 0.25) is 0 Å². The van der Waals surface area contributed by atoms with Crippen LogP contribution in [0.1, 0.15) is 23.1 Å². The van der Waals surface area contributed by atoms with Gasteiger partial charge in [-0.2, -0.15) is 0 Å². The topological polar surface area (TPSA) is 66.8 Å². The molecular formula is C17H27NO4S. The lowest BCUT2D eigenvalue weighted by Gasteiger charge is -2.26. The largest absolute Gasteiger partial charge is 0.490 e. The molecule has 0 radical (unpaired) electrons. The third-order valence-electron chi connectivity index (χ3n) is 4.62. The molecule has 0 aromatic heterocycles. The highest BCUT2D eigenvalue weighted by Gasteiger charge is 2.31. The first-order valence-electron chi connectivity index (χ1n) is 7.98. The summed E-state index contributed by atoms with van der Waals surface area (Å²) in [5.74, 6) is 1.26. The number of aryl methyl sites for hydroxylation is 2. The van der Waals surface area contributed by atoms with Crippen LogP contribution >= 0.6 is 0 Å². The number of aliphatic hydroxyl groups excluding tert-OH is 1. The van der Waals surface area contributed by atoms with Crippen molar-refractivity contribution < 1.29 is 18.3 Å². The molecule has 2 rings (SSSR count). The van der Waals surface area contributed by atoms with Crippen LogP contribution in [-0.4, -0.2) is 62.3 Å². The van der Waals surface area contributed by atoms with Crippen molar-refractivity contribution in [2.75, 3.05) is 31.7 Å². The van der Waals surface area contributed by atoms with Crippen LogP contribution in [0.4, 0.5) is 0 Å². The summed E-state index contributed by atoms with van der Waals surface area (Å²) < 4.78 is 28.9. The van der Waals surface area contributed by atoms with E-state index in [9.17, 15) is 13.5 Å². The molecular weight excluding hydrogens is 314 g/mol. The second-order valence-electron chi connectivity index (χ2n) is 6.61. The van der Waals surface area contributed by atoms with Gasteiger partial charge in [0.15, 0.2) is 9.84 Å². The highest BCUT2D eigenvalue weighted by molar-refractivity contribution is 7.91. The molecule has 1 saturated heterocycles. The Bertz CT molecular complexity index is 657. The number of sulfone groups is 1. The van der Waals surface area contributed by atoms with E-state index in [1.54, 1.807) is 0 Å². The van der Waals surface area contributed by atoms with E-state index in [1.165, 1.54) is 0 Å². The number of aliphatic hydroxyl groups is 1. The maximum atomic E-state index is 11.5. The molecule has 0 bridgehead atoms. The zero-order valence-corrected chi connectivity index (χ0v) is 15.2. The molecule has 6 heteroatoms. The molecule has 0 aliphatic carbocycles. The quantitative estimate of drug-likeness (QED) is 0.849. The van der Waals surface area contributed by atoms with Crippen LogP contribution < -0.4 is 4.74 Å². The molecule has 1 heterocycles. The smallest absolute Gasteiger partial charge is 0.151 e. The Balaban J connectivity index is 1.88. The van der Waals surface area contributed by atoms with Gasteiger partial charge in [0, 0.05) is 12.6 Å². The van der Waals surface area contributed by atoms with Crippen molar-refractivity contribution >= 4 is 9.84 Å². The lowest BCUT2D eigenvalue weighted by molar-refractivity contribution is 0.0659. The van der Waals surface area contributed by atoms with Crippen molar-refractivity contribution in [1.29, 1.82) is 0 Å². The van der Waals surface area contributed by atoms with Crippen LogP contribution in [-0.2, 0) is 9.84 Å². The van der Waals surface area contributed by atoms with Crippen molar-refractivity contribution in [2.24, 2.45) is 0 Å². The molecule has 2 atom stereocenters. The lowest BCUT2D eigenvalue weighted by atomic mass is 10.1. The molecule has 130 valence electrons. The van der Waals surface area contributed by atoms with E-state index in [0.717, 1.165) is 22.4 Å². The van der Waals surface area contributed by atoms with E-state index in [4.69, 9.17) is 4.74 Å². The Hall–Kier alpha value is -1.11. The summed E-state index contributed by atoms with van der Waals surface area (Å²) >= 11 is 0. The molecule has 1 aliphatic rings. The minimum atomic E-state index is -2.90. The van der Waals surface area contributed by atoms with E-state index >= 15 is 0 Å².